The lowest BCUT2D eigenvalue weighted by Crippen LogP contribution is -2.36. The Morgan fingerprint density at radius 1 is 1.50 bits per heavy atom. The summed E-state index contributed by atoms with van der Waals surface area (Å²) in [6, 6.07) is 4.84. The third-order valence-corrected chi connectivity index (χ3v) is 2.88. The van der Waals surface area contributed by atoms with Gasteiger partial charge in [0.1, 0.15) is 5.75 Å². The Kier molecular flexibility index (Phi) is 4.99. The Bertz CT molecular complexity index is 432. The van der Waals surface area contributed by atoms with Crippen LogP contribution in [-0.4, -0.2) is 31.3 Å². The van der Waals surface area contributed by atoms with Crippen LogP contribution in [0.2, 0.25) is 5.02 Å². The molecule has 0 bridgehead atoms. The van der Waals surface area contributed by atoms with Crippen molar-refractivity contribution in [2.24, 2.45) is 5.41 Å². The molecule has 100 valence electrons. The van der Waals surface area contributed by atoms with Crippen molar-refractivity contribution < 1.29 is 14.6 Å². The molecule has 0 radical (unpaired) electrons. The second kappa shape index (κ2) is 6.07. The molecule has 5 heteroatoms. The molecule has 0 saturated heterocycles. The normalized spacial score (nSPS) is 11.2. The fourth-order valence-electron chi connectivity index (χ4n) is 1.28. The molecule has 0 spiro atoms. The first kappa shape index (κ1) is 14.8. The Hall–Kier alpha value is -1.26. The van der Waals surface area contributed by atoms with Crippen LogP contribution in [0.15, 0.2) is 18.2 Å². The molecule has 0 aromatic heterocycles. The van der Waals surface area contributed by atoms with E-state index in [1.54, 1.807) is 18.2 Å². The summed E-state index contributed by atoms with van der Waals surface area (Å²) in [4.78, 5) is 11.9. The number of carbonyl (C=O) groups excluding carboxylic acids is 1. The lowest BCUT2D eigenvalue weighted by molar-refractivity contribution is 0.0910. The molecule has 18 heavy (non-hydrogen) atoms. The zero-order valence-electron chi connectivity index (χ0n) is 10.8. The number of aliphatic hydroxyl groups is 1. The number of aliphatic hydroxyl groups excluding tert-OH is 1. The molecular formula is C13H18ClNO3. The molecule has 0 saturated carbocycles. The molecule has 1 aromatic carbocycles. The number of benzene rings is 1. The van der Waals surface area contributed by atoms with Gasteiger partial charge in [0.2, 0.25) is 0 Å². The van der Waals surface area contributed by atoms with Gasteiger partial charge >= 0.3 is 0 Å². The molecule has 0 unspecified atom stereocenters. The van der Waals surface area contributed by atoms with Gasteiger partial charge in [0, 0.05) is 24.1 Å². The SMILES string of the molecule is COc1cc(C(=O)NCC(C)(C)CO)ccc1Cl. The Morgan fingerprint density at radius 2 is 2.17 bits per heavy atom. The number of halogens is 1. The maximum Gasteiger partial charge on any atom is 0.251 e. The van der Waals surface area contributed by atoms with Crippen LogP contribution in [0.5, 0.6) is 5.75 Å². The second-order valence-corrected chi connectivity index (χ2v) is 5.26. The minimum Gasteiger partial charge on any atom is -0.495 e. The number of nitrogens with one attached hydrogen (secondary N) is 1. The number of amides is 1. The number of hydrogen-bond donors (Lipinski definition) is 2. The van der Waals surface area contributed by atoms with Gasteiger partial charge in [-0.2, -0.15) is 0 Å². The first-order chi connectivity index (χ1) is 8.39. The molecule has 4 nitrogen and oxygen atoms in total. The Morgan fingerprint density at radius 3 is 2.72 bits per heavy atom. The van der Waals surface area contributed by atoms with Gasteiger partial charge in [-0.3, -0.25) is 4.79 Å². The van der Waals surface area contributed by atoms with E-state index in [2.05, 4.69) is 5.32 Å². The molecule has 0 fully saturated rings. The van der Waals surface area contributed by atoms with E-state index < -0.39 is 0 Å². The summed E-state index contributed by atoms with van der Waals surface area (Å²) < 4.78 is 5.05. The quantitative estimate of drug-likeness (QED) is 0.862. The van der Waals surface area contributed by atoms with Crippen LogP contribution < -0.4 is 10.1 Å². The van der Waals surface area contributed by atoms with Crippen molar-refractivity contribution in [1.82, 2.24) is 5.32 Å². The summed E-state index contributed by atoms with van der Waals surface area (Å²) in [5.41, 5.74) is 0.136. The lowest BCUT2D eigenvalue weighted by Gasteiger charge is -2.21. The van der Waals surface area contributed by atoms with Gasteiger partial charge in [-0.25, -0.2) is 0 Å². The van der Waals surface area contributed by atoms with E-state index >= 15 is 0 Å². The number of ether oxygens (including phenoxy) is 1. The summed E-state index contributed by atoms with van der Waals surface area (Å²) in [6.45, 7) is 4.15. The Balaban J connectivity index is 2.73. The molecule has 2 N–H and O–H groups in total. The van der Waals surface area contributed by atoms with Gasteiger partial charge in [0.15, 0.2) is 0 Å². The molecule has 1 aromatic rings. The molecule has 0 heterocycles. The monoisotopic (exact) mass is 271 g/mol. The van der Waals surface area contributed by atoms with E-state index in [0.29, 0.717) is 22.9 Å². The first-order valence-corrected chi connectivity index (χ1v) is 6.00. The topological polar surface area (TPSA) is 58.6 Å². The van der Waals surface area contributed by atoms with E-state index in [4.69, 9.17) is 21.4 Å². The van der Waals surface area contributed by atoms with Crippen LogP contribution in [0, 0.1) is 5.41 Å². The van der Waals surface area contributed by atoms with Crippen molar-refractivity contribution in [3.63, 3.8) is 0 Å². The highest BCUT2D eigenvalue weighted by Crippen LogP contribution is 2.25. The highest BCUT2D eigenvalue weighted by molar-refractivity contribution is 6.32. The van der Waals surface area contributed by atoms with Crippen molar-refractivity contribution in [2.75, 3.05) is 20.3 Å². The number of methoxy groups -OCH3 is 1. The minimum absolute atomic E-state index is 0.0111. The minimum atomic E-state index is -0.341. The van der Waals surface area contributed by atoms with Crippen molar-refractivity contribution in [3.05, 3.63) is 28.8 Å². The van der Waals surface area contributed by atoms with Crippen LogP contribution in [-0.2, 0) is 0 Å². The predicted octanol–water partition coefficient (Wildman–Crippen LogP) is 2.10. The predicted molar refractivity (Wildman–Crippen MR) is 71.2 cm³/mol. The van der Waals surface area contributed by atoms with Crippen LogP contribution in [0.4, 0.5) is 0 Å². The van der Waals surface area contributed by atoms with Crippen molar-refractivity contribution >= 4 is 17.5 Å². The lowest BCUT2D eigenvalue weighted by atomic mass is 9.95. The summed E-state index contributed by atoms with van der Waals surface area (Å²) in [5.74, 6) is 0.247. The zero-order chi connectivity index (χ0) is 13.8. The summed E-state index contributed by atoms with van der Waals surface area (Å²) in [5, 5.41) is 12.3. The van der Waals surface area contributed by atoms with Gasteiger partial charge in [0.05, 0.1) is 12.1 Å². The van der Waals surface area contributed by atoms with Crippen LogP contribution in [0.25, 0.3) is 0 Å². The standard InChI is InChI=1S/C13H18ClNO3/c1-13(2,8-16)7-15-12(17)9-4-5-10(14)11(6-9)18-3/h4-6,16H,7-8H2,1-3H3,(H,15,17). The zero-order valence-corrected chi connectivity index (χ0v) is 11.5. The van der Waals surface area contributed by atoms with Crippen LogP contribution in [0.1, 0.15) is 24.2 Å². The van der Waals surface area contributed by atoms with E-state index in [1.807, 2.05) is 13.8 Å². The van der Waals surface area contributed by atoms with Crippen LogP contribution in [0.3, 0.4) is 0 Å². The Labute approximate surface area is 112 Å². The molecule has 0 aliphatic heterocycles. The molecule has 0 aliphatic rings. The fraction of sp³-hybridized carbons (Fsp3) is 0.462. The van der Waals surface area contributed by atoms with Gasteiger partial charge in [0.25, 0.3) is 5.91 Å². The highest BCUT2D eigenvalue weighted by Gasteiger charge is 2.18. The maximum absolute atomic E-state index is 11.9. The maximum atomic E-state index is 11.9. The largest absolute Gasteiger partial charge is 0.495 e. The summed E-state index contributed by atoms with van der Waals surface area (Å²) in [7, 11) is 1.50. The average molecular weight is 272 g/mol. The van der Waals surface area contributed by atoms with Gasteiger partial charge in [-0.05, 0) is 18.2 Å². The number of rotatable bonds is 5. The fourth-order valence-corrected chi connectivity index (χ4v) is 1.47. The second-order valence-electron chi connectivity index (χ2n) is 4.85. The van der Waals surface area contributed by atoms with E-state index in [1.165, 1.54) is 7.11 Å². The summed E-state index contributed by atoms with van der Waals surface area (Å²) >= 11 is 5.88. The smallest absolute Gasteiger partial charge is 0.251 e. The van der Waals surface area contributed by atoms with Crippen molar-refractivity contribution in [1.29, 1.82) is 0 Å². The molecule has 0 aliphatic carbocycles. The third-order valence-electron chi connectivity index (χ3n) is 2.57. The average Bonchev–Trinajstić information content (AvgIpc) is 2.36. The highest BCUT2D eigenvalue weighted by atomic mass is 35.5. The first-order valence-electron chi connectivity index (χ1n) is 5.62. The summed E-state index contributed by atoms with van der Waals surface area (Å²) in [6.07, 6.45) is 0. The molecule has 1 rings (SSSR count). The van der Waals surface area contributed by atoms with Gasteiger partial charge < -0.3 is 15.2 Å². The van der Waals surface area contributed by atoms with Gasteiger partial charge in [-0.15, -0.1) is 0 Å². The van der Waals surface area contributed by atoms with Gasteiger partial charge in [-0.1, -0.05) is 25.4 Å². The molecule has 0 atom stereocenters. The number of hydrogen-bond acceptors (Lipinski definition) is 3. The number of carbonyl (C=O) groups is 1. The van der Waals surface area contributed by atoms with Crippen molar-refractivity contribution in [2.45, 2.75) is 13.8 Å². The van der Waals surface area contributed by atoms with Crippen molar-refractivity contribution in [3.8, 4) is 5.75 Å². The molecule has 1 amide bonds. The van der Waals surface area contributed by atoms with E-state index in [0.717, 1.165) is 0 Å². The van der Waals surface area contributed by atoms with E-state index in [-0.39, 0.29) is 17.9 Å². The third kappa shape index (κ3) is 3.89. The van der Waals surface area contributed by atoms with E-state index in [9.17, 15) is 4.79 Å². The molecular weight excluding hydrogens is 254 g/mol. The van der Waals surface area contributed by atoms with Crippen LogP contribution >= 0.6 is 11.6 Å².